The Bertz CT molecular complexity index is 2350. The number of allylic oxidation sites excluding steroid dienone is 2. The number of non-ortho nitro benzene ring substituents is 1. The van der Waals surface area contributed by atoms with Gasteiger partial charge in [-0.15, -0.1) is 0 Å². The number of furan rings is 1. The van der Waals surface area contributed by atoms with E-state index in [1.807, 2.05) is 0 Å². The quantitative estimate of drug-likeness (QED) is 0.0898. The molecule has 3 fully saturated rings. The number of carbonyl (C=O) groups excluding carboxylic acids is 4. The maximum Gasteiger partial charge on any atom is 0.417 e. The van der Waals surface area contributed by atoms with Crippen molar-refractivity contribution in [2.75, 3.05) is 10.3 Å². The van der Waals surface area contributed by atoms with Crippen molar-refractivity contribution in [1.82, 2.24) is 9.99 Å². The van der Waals surface area contributed by atoms with E-state index in [9.17, 15) is 42.8 Å². The number of pyridine rings is 1. The van der Waals surface area contributed by atoms with Gasteiger partial charge in [-0.05, 0) is 60.7 Å². The molecule has 4 amide bonds. The Morgan fingerprint density at radius 1 is 1.00 bits per heavy atom. The fraction of sp³-hybridized carbons (Fsp3) is 0.270. The van der Waals surface area contributed by atoms with Gasteiger partial charge in [0.2, 0.25) is 11.8 Å². The number of benzene rings is 2. The fourth-order valence-electron chi connectivity index (χ4n) is 8.73. The van der Waals surface area contributed by atoms with Crippen molar-refractivity contribution in [3.8, 4) is 0 Å². The highest BCUT2D eigenvalue weighted by Gasteiger charge is 2.71. The summed E-state index contributed by atoms with van der Waals surface area (Å²) >= 11 is 12.5. The second-order valence-electron chi connectivity index (χ2n) is 13.7. The molecular formula is C37H26Cl2F3N5O8. The Balaban J connectivity index is 1.28. The van der Waals surface area contributed by atoms with Crippen LogP contribution in [-0.2, 0) is 37.4 Å². The molecule has 2 saturated heterocycles. The number of halogens is 5. The van der Waals surface area contributed by atoms with Gasteiger partial charge in [0.25, 0.3) is 17.5 Å². The van der Waals surface area contributed by atoms with Gasteiger partial charge in [0, 0.05) is 23.4 Å². The number of nitrogens with one attached hydrogen (secondary N) is 1. The smallest absolute Gasteiger partial charge is 0.417 e. The molecule has 2 aliphatic carbocycles. The largest absolute Gasteiger partial charge is 0.463 e. The Morgan fingerprint density at radius 2 is 1.75 bits per heavy atom. The van der Waals surface area contributed by atoms with Crippen LogP contribution in [0.1, 0.15) is 41.4 Å². The molecule has 6 atom stereocenters. The molecule has 2 N–H and O–H groups in total. The Labute approximate surface area is 318 Å². The lowest BCUT2D eigenvalue weighted by Gasteiger charge is -2.49. The van der Waals surface area contributed by atoms with Crippen LogP contribution in [0.3, 0.4) is 0 Å². The van der Waals surface area contributed by atoms with Gasteiger partial charge >= 0.3 is 6.18 Å². The highest BCUT2D eigenvalue weighted by atomic mass is 35.5. The van der Waals surface area contributed by atoms with Crippen molar-refractivity contribution in [2.45, 2.75) is 37.0 Å². The SMILES string of the molecule is O=C1[C@@H]2C[C@@H]3C(=CC[C@@H]4C(=O)N(c5cccc([N+](=O)[O-])c5)C(=O)[C@@H]43)[C@H](c3ccc(CO)o3)[C@]2(c2ccc(Cl)cc2)C(=O)N1Nc1ncc(C(F)(F)F)cc1Cl. The highest BCUT2D eigenvalue weighted by molar-refractivity contribution is 6.33. The van der Waals surface area contributed by atoms with Crippen LogP contribution >= 0.6 is 23.2 Å². The number of nitrogens with zero attached hydrogens (tertiary/aromatic N) is 4. The maximum absolute atomic E-state index is 15.2. The van der Waals surface area contributed by atoms with Crippen LogP contribution in [0.4, 0.5) is 30.4 Å². The summed E-state index contributed by atoms with van der Waals surface area (Å²) in [6.45, 7) is -0.513. The molecule has 8 rings (SSSR count). The van der Waals surface area contributed by atoms with Gasteiger partial charge in [0.15, 0.2) is 5.82 Å². The summed E-state index contributed by atoms with van der Waals surface area (Å²) in [5, 5.41) is 22.0. The van der Waals surface area contributed by atoms with E-state index >= 15 is 4.79 Å². The van der Waals surface area contributed by atoms with Crippen LogP contribution in [0.25, 0.3) is 0 Å². The van der Waals surface area contributed by atoms with E-state index in [-0.39, 0.29) is 35.7 Å². The molecule has 0 radical (unpaired) electrons. The highest BCUT2D eigenvalue weighted by Crippen LogP contribution is 2.64. The number of anilines is 2. The second kappa shape index (κ2) is 13.0. The van der Waals surface area contributed by atoms with E-state index in [4.69, 9.17) is 27.6 Å². The van der Waals surface area contributed by atoms with Gasteiger partial charge < -0.3 is 9.52 Å². The minimum Gasteiger partial charge on any atom is -0.463 e. The molecule has 4 heterocycles. The number of hydrogen-bond acceptors (Lipinski definition) is 10. The molecule has 0 spiro atoms. The summed E-state index contributed by atoms with van der Waals surface area (Å²) in [7, 11) is 0. The van der Waals surface area contributed by atoms with E-state index in [1.54, 1.807) is 24.3 Å². The van der Waals surface area contributed by atoms with Gasteiger partial charge in [0.05, 0.1) is 44.9 Å². The summed E-state index contributed by atoms with van der Waals surface area (Å²) in [4.78, 5) is 73.8. The van der Waals surface area contributed by atoms with Crippen molar-refractivity contribution in [3.05, 3.63) is 127 Å². The van der Waals surface area contributed by atoms with Crippen molar-refractivity contribution in [2.24, 2.45) is 23.7 Å². The number of hydrogen-bond donors (Lipinski definition) is 2. The average Bonchev–Trinajstić information content (AvgIpc) is 3.79. The fourth-order valence-corrected chi connectivity index (χ4v) is 9.06. The summed E-state index contributed by atoms with van der Waals surface area (Å²) in [6, 6.07) is 14.9. The number of aliphatic hydroxyl groups excluding tert-OH is 1. The third-order valence-corrected chi connectivity index (χ3v) is 11.5. The van der Waals surface area contributed by atoms with Crippen LogP contribution < -0.4 is 10.3 Å². The van der Waals surface area contributed by atoms with Gasteiger partial charge in [-0.25, -0.2) is 9.88 Å². The standard InChI is InChI=1S/C37H26Cl2F3N5O8/c38-19-6-4-17(5-7-19)36-26(33(50)46(35(36)52)44-31-27(39)12-18(15-43-31)37(40,41)42)14-25-23(30(36)28-11-8-22(16-48)55-28)9-10-24-29(25)34(51)45(32(24)49)20-2-1-3-21(13-20)47(53)54/h1-9,11-13,15,24-26,29-30,48H,10,14,16H2,(H,43,44)/t24-,25+,26-,29-,30+,36+/m0/s1. The zero-order chi connectivity index (χ0) is 39.1. The topological polar surface area (TPSA) is 176 Å². The molecule has 282 valence electrons. The predicted molar refractivity (Wildman–Crippen MR) is 187 cm³/mol. The molecule has 2 aromatic heterocycles. The average molecular weight is 797 g/mol. The van der Waals surface area contributed by atoms with Crippen molar-refractivity contribution in [1.29, 1.82) is 0 Å². The number of rotatable bonds is 7. The normalized spacial score (nSPS) is 26.1. The first-order valence-corrected chi connectivity index (χ1v) is 17.6. The van der Waals surface area contributed by atoms with Crippen LogP contribution in [0.2, 0.25) is 10.0 Å². The molecule has 4 aromatic rings. The van der Waals surface area contributed by atoms with Crippen molar-refractivity contribution >= 4 is 64.0 Å². The second-order valence-corrected chi connectivity index (χ2v) is 14.5. The number of aliphatic hydroxyl groups is 1. The van der Waals surface area contributed by atoms with E-state index in [0.29, 0.717) is 33.4 Å². The molecule has 13 nitrogen and oxygen atoms in total. The lowest BCUT2D eigenvalue weighted by Crippen LogP contribution is -2.53. The number of fused-ring (bicyclic) bond motifs is 4. The summed E-state index contributed by atoms with van der Waals surface area (Å²) < 4.78 is 46.4. The number of hydrazine groups is 1. The van der Waals surface area contributed by atoms with Crippen LogP contribution in [0, 0.1) is 33.8 Å². The first kappa shape index (κ1) is 36.4. The molecule has 4 aliphatic rings. The van der Waals surface area contributed by atoms with Gasteiger partial charge in [-0.2, -0.15) is 18.2 Å². The molecule has 1 saturated carbocycles. The number of imide groups is 2. The maximum atomic E-state index is 15.2. The summed E-state index contributed by atoms with van der Waals surface area (Å²) in [5.41, 5.74) is 0.0416. The van der Waals surface area contributed by atoms with E-state index in [1.165, 1.54) is 36.4 Å². The predicted octanol–water partition coefficient (Wildman–Crippen LogP) is 6.59. The minimum absolute atomic E-state index is 0.00468. The van der Waals surface area contributed by atoms with Crippen LogP contribution in [0.15, 0.2) is 89.0 Å². The number of aromatic nitrogens is 1. The van der Waals surface area contributed by atoms with Crippen LogP contribution in [0.5, 0.6) is 0 Å². The van der Waals surface area contributed by atoms with Gasteiger partial charge in [-0.1, -0.05) is 53.1 Å². The lowest BCUT2D eigenvalue weighted by atomic mass is 9.50. The molecule has 0 unspecified atom stereocenters. The van der Waals surface area contributed by atoms with Crippen molar-refractivity contribution in [3.63, 3.8) is 0 Å². The number of carbonyl (C=O) groups is 4. The number of alkyl halides is 3. The van der Waals surface area contributed by atoms with Gasteiger partial charge in [-0.3, -0.25) is 34.7 Å². The lowest BCUT2D eigenvalue weighted by molar-refractivity contribution is -0.384. The molecule has 2 aromatic carbocycles. The zero-order valence-corrected chi connectivity index (χ0v) is 29.5. The third kappa shape index (κ3) is 5.53. The number of nitro benzene ring substituents is 1. The Hall–Kier alpha value is -5.58. The first-order valence-electron chi connectivity index (χ1n) is 16.8. The van der Waals surface area contributed by atoms with E-state index in [0.717, 1.165) is 11.0 Å². The molecular weight excluding hydrogens is 770 g/mol. The summed E-state index contributed by atoms with van der Waals surface area (Å²) in [5.74, 6) is -8.27. The molecule has 55 heavy (non-hydrogen) atoms. The van der Waals surface area contributed by atoms with E-state index < -0.39 is 92.7 Å². The minimum atomic E-state index is -4.78. The van der Waals surface area contributed by atoms with Gasteiger partial charge in [0.1, 0.15) is 23.5 Å². The van der Waals surface area contributed by atoms with Crippen LogP contribution in [-0.4, -0.2) is 43.7 Å². The van der Waals surface area contributed by atoms with Crippen molar-refractivity contribution < 1.29 is 46.8 Å². The number of nitro groups is 1. The molecule has 0 bridgehead atoms. The third-order valence-electron chi connectivity index (χ3n) is 11.0. The molecule has 18 heteroatoms. The monoisotopic (exact) mass is 795 g/mol. The summed E-state index contributed by atoms with van der Waals surface area (Å²) in [6.07, 6.45) is -2.66. The Kier molecular flexibility index (Phi) is 8.62. The Morgan fingerprint density at radius 3 is 2.40 bits per heavy atom. The number of amides is 4. The molecule has 2 aliphatic heterocycles. The zero-order valence-electron chi connectivity index (χ0n) is 28.0. The van der Waals surface area contributed by atoms with E-state index in [2.05, 4.69) is 10.4 Å². The first-order chi connectivity index (χ1) is 26.2.